The minimum atomic E-state index is -1.62. The van der Waals surface area contributed by atoms with Crippen molar-refractivity contribution in [3.05, 3.63) is 0 Å². The summed E-state index contributed by atoms with van der Waals surface area (Å²) in [6.07, 6.45) is 1.72. The monoisotopic (exact) mass is 346 g/mol. The molecule has 2 aliphatic carbocycles. The molecule has 132 valence electrons. The van der Waals surface area contributed by atoms with Gasteiger partial charge < -0.3 is 14.6 Å². The maximum Gasteiger partial charge on any atom is 0.322 e. The zero-order chi connectivity index (χ0) is 17.4. The van der Waals surface area contributed by atoms with Crippen LogP contribution in [0.5, 0.6) is 0 Å². The first-order valence-electron chi connectivity index (χ1n) is 7.89. The number of rotatable bonds is 6. The van der Waals surface area contributed by atoms with Crippen molar-refractivity contribution in [2.45, 2.75) is 50.9 Å². The number of hydrogen-bond donors (Lipinski definition) is 1. The first kappa shape index (κ1) is 18.4. The largest absolute Gasteiger partial charge is 0.469 e. The predicted octanol–water partition coefficient (Wildman–Crippen LogP) is 1.03. The van der Waals surface area contributed by atoms with Crippen LogP contribution in [0.3, 0.4) is 0 Å². The zero-order valence-electron chi connectivity index (χ0n) is 14.2. The van der Waals surface area contributed by atoms with E-state index >= 15 is 0 Å². The summed E-state index contributed by atoms with van der Waals surface area (Å²) in [7, 11) is 0.821. The van der Waals surface area contributed by atoms with Gasteiger partial charge in [-0.25, -0.2) is 0 Å². The fraction of sp³-hybridized carbons (Fsp3) is 0.875. The second-order valence-electron chi connectivity index (χ2n) is 7.18. The Kier molecular flexibility index (Phi) is 5.21. The number of fused-ring (bicyclic) bond motifs is 2. The number of hydrogen-bond acceptors (Lipinski definition) is 6. The fourth-order valence-electron chi connectivity index (χ4n) is 4.38. The van der Waals surface area contributed by atoms with Gasteiger partial charge in [0.25, 0.3) is 0 Å². The van der Waals surface area contributed by atoms with E-state index in [2.05, 4.69) is 18.6 Å². The van der Waals surface area contributed by atoms with Crippen LogP contribution in [0.15, 0.2) is 0 Å². The predicted molar refractivity (Wildman–Crippen MR) is 85.0 cm³/mol. The minimum Gasteiger partial charge on any atom is -0.469 e. The van der Waals surface area contributed by atoms with Gasteiger partial charge in [0, 0.05) is 22.0 Å². The lowest BCUT2D eigenvalue weighted by molar-refractivity contribution is -0.146. The standard InChI is InChI=1S/C16H26O6S/c1-15(2)10-5-6-16(15,12(17)7-10)9-23(20)11(14(19)22-4)8-13(18)21-3/h10-12,17H,5-9H2,1-4H3/t10-,11?,12-,16-,23?/m1/s1. The Bertz CT molecular complexity index is 517. The van der Waals surface area contributed by atoms with Crippen LogP contribution in [-0.4, -0.2) is 52.6 Å². The molecule has 5 atom stereocenters. The molecular weight excluding hydrogens is 320 g/mol. The third kappa shape index (κ3) is 2.93. The Morgan fingerprint density at radius 1 is 1.30 bits per heavy atom. The van der Waals surface area contributed by atoms with Gasteiger partial charge in [0.05, 0.1) is 26.7 Å². The number of aliphatic hydroxyl groups excluding tert-OH is 1. The van der Waals surface area contributed by atoms with Crippen molar-refractivity contribution in [3.63, 3.8) is 0 Å². The second-order valence-corrected chi connectivity index (χ2v) is 8.80. The van der Waals surface area contributed by atoms with Gasteiger partial charge in [-0.1, -0.05) is 13.8 Å². The summed E-state index contributed by atoms with van der Waals surface area (Å²) in [5.74, 6) is -0.660. The highest BCUT2D eigenvalue weighted by Gasteiger charge is 2.64. The van der Waals surface area contributed by atoms with Crippen molar-refractivity contribution < 1.29 is 28.4 Å². The van der Waals surface area contributed by atoms with Crippen molar-refractivity contribution in [2.75, 3.05) is 20.0 Å². The van der Waals surface area contributed by atoms with Gasteiger partial charge >= 0.3 is 11.9 Å². The molecule has 2 rings (SSSR count). The van der Waals surface area contributed by atoms with Crippen molar-refractivity contribution >= 4 is 22.7 Å². The first-order valence-corrected chi connectivity index (χ1v) is 9.27. The summed E-state index contributed by atoms with van der Waals surface area (Å²) in [6.45, 7) is 4.21. The van der Waals surface area contributed by atoms with Crippen molar-refractivity contribution in [1.29, 1.82) is 0 Å². The highest BCUT2D eigenvalue weighted by molar-refractivity contribution is 7.86. The van der Waals surface area contributed by atoms with Gasteiger partial charge in [-0.3, -0.25) is 13.8 Å². The maximum atomic E-state index is 12.9. The van der Waals surface area contributed by atoms with E-state index in [0.29, 0.717) is 12.3 Å². The molecule has 23 heavy (non-hydrogen) atoms. The Morgan fingerprint density at radius 2 is 1.96 bits per heavy atom. The van der Waals surface area contributed by atoms with E-state index in [-0.39, 0.29) is 17.6 Å². The van der Waals surface area contributed by atoms with Gasteiger partial charge in [0.1, 0.15) is 5.25 Å². The minimum absolute atomic E-state index is 0.131. The van der Waals surface area contributed by atoms with E-state index in [0.717, 1.165) is 12.8 Å². The molecule has 1 N–H and O–H groups in total. The maximum absolute atomic E-state index is 12.9. The molecule has 0 aromatic carbocycles. The van der Waals surface area contributed by atoms with E-state index in [9.17, 15) is 18.9 Å². The van der Waals surface area contributed by atoms with Gasteiger partial charge in [0.2, 0.25) is 0 Å². The molecule has 0 aromatic heterocycles. The van der Waals surface area contributed by atoms with Crippen molar-refractivity contribution in [3.8, 4) is 0 Å². The lowest BCUT2D eigenvalue weighted by Gasteiger charge is -2.40. The SMILES string of the molecule is COC(=O)CC(C(=O)OC)S(=O)C[C@]12CC[C@H](C[C@H]1O)C2(C)C. The Labute approximate surface area is 139 Å². The van der Waals surface area contributed by atoms with Gasteiger partial charge in [-0.05, 0) is 30.6 Å². The average molecular weight is 346 g/mol. The molecule has 0 aromatic rings. The zero-order valence-corrected chi connectivity index (χ0v) is 15.0. The summed E-state index contributed by atoms with van der Waals surface area (Å²) in [4.78, 5) is 23.5. The van der Waals surface area contributed by atoms with Crippen LogP contribution < -0.4 is 0 Å². The molecule has 2 fully saturated rings. The Balaban J connectivity index is 2.21. The highest BCUT2D eigenvalue weighted by Crippen LogP contribution is 2.66. The van der Waals surface area contributed by atoms with Crippen LogP contribution >= 0.6 is 0 Å². The lowest BCUT2D eigenvalue weighted by atomic mass is 9.70. The normalized spacial score (nSPS) is 34.0. The van der Waals surface area contributed by atoms with Gasteiger partial charge in [0.15, 0.2) is 0 Å². The lowest BCUT2D eigenvalue weighted by Crippen LogP contribution is -2.46. The second kappa shape index (κ2) is 6.51. The molecular formula is C16H26O6S. The molecule has 0 spiro atoms. The average Bonchev–Trinajstić information content (AvgIpc) is 2.85. The molecule has 2 bridgehead atoms. The highest BCUT2D eigenvalue weighted by atomic mass is 32.2. The van der Waals surface area contributed by atoms with E-state index in [1.807, 2.05) is 0 Å². The van der Waals surface area contributed by atoms with Gasteiger partial charge in [-0.2, -0.15) is 0 Å². The molecule has 2 saturated carbocycles. The molecule has 0 radical (unpaired) electrons. The van der Waals surface area contributed by atoms with Crippen LogP contribution in [-0.2, 0) is 29.9 Å². The molecule has 7 heteroatoms. The van der Waals surface area contributed by atoms with Gasteiger partial charge in [-0.15, -0.1) is 0 Å². The first-order chi connectivity index (χ1) is 10.7. The van der Waals surface area contributed by atoms with Crippen LogP contribution in [0.2, 0.25) is 0 Å². The summed E-state index contributed by atoms with van der Waals surface area (Å²) < 4.78 is 22.1. The van der Waals surface area contributed by atoms with Crippen LogP contribution in [0.1, 0.15) is 39.5 Å². The van der Waals surface area contributed by atoms with Crippen LogP contribution in [0.4, 0.5) is 0 Å². The molecule has 0 heterocycles. The number of methoxy groups -OCH3 is 2. The third-order valence-electron chi connectivity index (χ3n) is 6.15. The quantitative estimate of drug-likeness (QED) is 0.723. The van der Waals surface area contributed by atoms with E-state index in [1.54, 1.807) is 0 Å². The molecule has 0 saturated heterocycles. The molecule has 0 aliphatic heterocycles. The number of aliphatic hydroxyl groups is 1. The van der Waals surface area contributed by atoms with E-state index < -0.39 is 39.5 Å². The smallest absolute Gasteiger partial charge is 0.322 e. The summed E-state index contributed by atoms with van der Waals surface area (Å²) in [6, 6.07) is 0. The molecule has 0 amide bonds. The Hall–Kier alpha value is -0.950. The van der Waals surface area contributed by atoms with Crippen molar-refractivity contribution in [2.24, 2.45) is 16.7 Å². The molecule has 2 aliphatic rings. The topological polar surface area (TPSA) is 89.9 Å². The van der Waals surface area contributed by atoms with Crippen LogP contribution in [0, 0.1) is 16.7 Å². The summed E-state index contributed by atoms with van der Waals surface area (Å²) in [5.41, 5.74) is -0.598. The number of carbonyl (C=O) groups is 2. The fourth-order valence-corrected chi connectivity index (χ4v) is 6.43. The third-order valence-corrected chi connectivity index (χ3v) is 7.94. The van der Waals surface area contributed by atoms with Crippen molar-refractivity contribution in [1.82, 2.24) is 0 Å². The summed E-state index contributed by atoms with van der Waals surface area (Å²) in [5, 5.41) is 9.47. The number of carbonyl (C=O) groups excluding carboxylic acids is 2. The summed E-state index contributed by atoms with van der Waals surface area (Å²) >= 11 is 0. The number of ether oxygens (including phenoxy) is 2. The molecule has 2 unspecified atom stereocenters. The van der Waals surface area contributed by atoms with E-state index in [4.69, 9.17) is 4.74 Å². The molecule has 6 nitrogen and oxygen atoms in total. The number of esters is 2. The van der Waals surface area contributed by atoms with E-state index in [1.165, 1.54) is 14.2 Å². The Morgan fingerprint density at radius 3 is 2.39 bits per heavy atom. The van der Waals surface area contributed by atoms with Crippen LogP contribution in [0.25, 0.3) is 0 Å².